The van der Waals surface area contributed by atoms with E-state index in [0.717, 1.165) is 5.75 Å². The van der Waals surface area contributed by atoms with Gasteiger partial charge in [-0.3, -0.25) is 10.2 Å². The van der Waals surface area contributed by atoms with Crippen LogP contribution in [0.4, 0.5) is 0 Å². The van der Waals surface area contributed by atoms with E-state index in [1.807, 2.05) is 18.2 Å². The molecule has 0 aliphatic carbocycles. The van der Waals surface area contributed by atoms with E-state index in [9.17, 15) is 4.79 Å². The number of hydrogen-bond donors (Lipinski definition) is 2. The van der Waals surface area contributed by atoms with Crippen molar-refractivity contribution in [3.63, 3.8) is 0 Å². The zero-order chi connectivity index (χ0) is 14.4. The van der Waals surface area contributed by atoms with Crippen LogP contribution in [0.15, 0.2) is 47.9 Å². The molecule has 1 fully saturated rings. The first kappa shape index (κ1) is 14.9. The fourth-order valence-electron chi connectivity index (χ4n) is 2.12. The maximum absolute atomic E-state index is 11.3. The lowest BCUT2D eigenvalue weighted by molar-refractivity contribution is -0.125. The maximum Gasteiger partial charge on any atom is 0.234 e. The zero-order valence-corrected chi connectivity index (χ0v) is 12.5. The normalized spacial score (nSPS) is 22.8. The first-order valence-electron chi connectivity index (χ1n) is 6.76. The Morgan fingerprint density at radius 2 is 2.25 bits per heavy atom. The molecule has 1 aromatic rings. The molecular formula is C16H20N2OS. The minimum Gasteiger partial charge on any atom is -0.291 e. The second-order valence-corrected chi connectivity index (χ2v) is 5.96. The lowest BCUT2D eigenvalue weighted by atomic mass is 9.96. The first-order chi connectivity index (χ1) is 9.70. The van der Waals surface area contributed by atoms with Crippen LogP contribution in [0.25, 0.3) is 6.08 Å². The van der Waals surface area contributed by atoms with E-state index in [-0.39, 0.29) is 11.9 Å². The summed E-state index contributed by atoms with van der Waals surface area (Å²) in [5, 5.41) is 0. The SMILES string of the molecule is C=CCSc1ccccc1/C=C/C1NNC(=O)CC1C. The standard InChI is InChI=1S/C16H20N2OS/c1-3-10-20-15-7-5-4-6-13(15)8-9-14-12(2)11-16(19)18-17-14/h3-9,12,14,17H,1,10-11H2,2H3,(H,18,19)/b9-8+. The van der Waals surface area contributed by atoms with Gasteiger partial charge in [0.2, 0.25) is 5.91 Å². The molecule has 1 aliphatic rings. The van der Waals surface area contributed by atoms with Crippen LogP contribution in [0.2, 0.25) is 0 Å². The Hall–Kier alpha value is -1.52. The molecule has 1 aromatic carbocycles. The van der Waals surface area contributed by atoms with Gasteiger partial charge in [-0.15, -0.1) is 18.3 Å². The highest BCUT2D eigenvalue weighted by atomic mass is 32.2. The molecule has 1 saturated heterocycles. The summed E-state index contributed by atoms with van der Waals surface area (Å²) in [7, 11) is 0. The predicted octanol–water partition coefficient (Wildman–Crippen LogP) is 3.01. The Morgan fingerprint density at radius 3 is 3.00 bits per heavy atom. The number of hydrazine groups is 1. The summed E-state index contributed by atoms with van der Waals surface area (Å²) in [5.74, 6) is 1.26. The predicted molar refractivity (Wildman–Crippen MR) is 85.2 cm³/mol. The average molecular weight is 288 g/mol. The summed E-state index contributed by atoms with van der Waals surface area (Å²) in [4.78, 5) is 12.5. The molecule has 4 heteroatoms. The third-order valence-corrected chi connectivity index (χ3v) is 4.34. The van der Waals surface area contributed by atoms with Gasteiger partial charge in [0.1, 0.15) is 0 Å². The molecule has 3 nitrogen and oxygen atoms in total. The molecule has 1 aliphatic heterocycles. The van der Waals surface area contributed by atoms with Gasteiger partial charge < -0.3 is 0 Å². The fourth-order valence-corrected chi connectivity index (χ4v) is 2.89. The summed E-state index contributed by atoms with van der Waals surface area (Å²) in [6.45, 7) is 5.84. The second-order valence-electron chi connectivity index (χ2n) is 4.90. The lowest BCUT2D eigenvalue weighted by Gasteiger charge is -2.27. The van der Waals surface area contributed by atoms with Gasteiger partial charge in [0.05, 0.1) is 0 Å². The Balaban J connectivity index is 2.07. The summed E-state index contributed by atoms with van der Waals surface area (Å²) in [6.07, 6.45) is 6.72. The van der Waals surface area contributed by atoms with Crippen LogP contribution >= 0.6 is 11.8 Å². The minimum absolute atomic E-state index is 0.0593. The molecule has 0 saturated carbocycles. The van der Waals surface area contributed by atoms with Crippen LogP contribution in [-0.2, 0) is 4.79 Å². The highest BCUT2D eigenvalue weighted by molar-refractivity contribution is 7.99. The van der Waals surface area contributed by atoms with Crippen molar-refractivity contribution in [3.05, 3.63) is 48.6 Å². The quantitative estimate of drug-likeness (QED) is 0.646. The van der Waals surface area contributed by atoms with E-state index in [4.69, 9.17) is 0 Å². The van der Waals surface area contributed by atoms with E-state index in [0.29, 0.717) is 12.3 Å². The number of benzene rings is 1. The van der Waals surface area contributed by atoms with Gasteiger partial charge in [-0.25, -0.2) is 5.43 Å². The molecule has 106 valence electrons. The molecule has 2 N–H and O–H groups in total. The average Bonchev–Trinajstić information content (AvgIpc) is 2.45. The van der Waals surface area contributed by atoms with Crippen LogP contribution in [0.3, 0.4) is 0 Å². The van der Waals surface area contributed by atoms with Gasteiger partial charge in [0.15, 0.2) is 0 Å². The minimum atomic E-state index is 0.0593. The van der Waals surface area contributed by atoms with Crippen molar-refractivity contribution in [2.75, 3.05) is 5.75 Å². The van der Waals surface area contributed by atoms with Crippen LogP contribution in [0.5, 0.6) is 0 Å². The maximum atomic E-state index is 11.3. The topological polar surface area (TPSA) is 41.1 Å². The summed E-state index contributed by atoms with van der Waals surface area (Å²) < 4.78 is 0. The van der Waals surface area contributed by atoms with E-state index < -0.39 is 0 Å². The Bertz CT molecular complexity index is 513. The molecule has 2 unspecified atom stereocenters. The van der Waals surface area contributed by atoms with Crippen LogP contribution in [0.1, 0.15) is 18.9 Å². The molecule has 2 atom stereocenters. The van der Waals surface area contributed by atoms with Crippen molar-refractivity contribution < 1.29 is 4.79 Å². The first-order valence-corrected chi connectivity index (χ1v) is 7.74. The zero-order valence-electron chi connectivity index (χ0n) is 11.6. The van der Waals surface area contributed by atoms with Gasteiger partial charge in [0.25, 0.3) is 0 Å². The molecule has 20 heavy (non-hydrogen) atoms. The fraction of sp³-hybridized carbons (Fsp3) is 0.312. The third-order valence-electron chi connectivity index (χ3n) is 3.26. The molecule has 0 aromatic heterocycles. The smallest absolute Gasteiger partial charge is 0.234 e. The summed E-state index contributed by atoms with van der Waals surface area (Å²) in [6, 6.07) is 8.48. The lowest BCUT2D eigenvalue weighted by Crippen LogP contribution is -2.52. The largest absolute Gasteiger partial charge is 0.291 e. The number of thioether (sulfide) groups is 1. The highest BCUT2D eigenvalue weighted by Crippen LogP contribution is 2.24. The van der Waals surface area contributed by atoms with Crippen molar-refractivity contribution >= 4 is 23.7 Å². The van der Waals surface area contributed by atoms with Gasteiger partial charge in [0, 0.05) is 23.1 Å². The van der Waals surface area contributed by atoms with Crippen molar-refractivity contribution in [2.45, 2.75) is 24.3 Å². The van der Waals surface area contributed by atoms with E-state index in [1.165, 1.54) is 10.5 Å². The number of amides is 1. The molecule has 0 bridgehead atoms. The second kappa shape index (κ2) is 7.31. The van der Waals surface area contributed by atoms with E-state index in [1.54, 1.807) is 11.8 Å². The van der Waals surface area contributed by atoms with Gasteiger partial charge >= 0.3 is 0 Å². The monoisotopic (exact) mass is 288 g/mol. The van der Waals surface area contributed by atoms with Crippen LogP contribution in [-0.4, -0.2) is 17.7 Å². The number of hydrogen-bond acceptors (Lipinski definition) is 3. The Morgan fingerprint density at radius 1 is 1.45 bits per heavy atom. The van der Waals surface area contributed by atoms with Crippen molar-refractivity contribution in [3.8, 4) is 0 Å². The van der Waals surface area contributed by atoms with Crippen LogP contribution < -0.4 is 10.9 Å². The number of nitrogens with one attached hydrogen (secondary N) is 2. The van der Waals surface area contributed by atoms with Crippen molar-refractivity contribution in [1.29, 1.82) is 0 Å². The summed E-state index contributed by atoms with van der Waals surface area (Å²) >= 11 is 1.78. The molecular weight excluding hydrogens is 268 g/mol. The Labute approximate surface area is 124 Å². The van der Waals surface area contributed by atoms with Gasteiger partial charge in [-0.05, 0) is 17.5 Å². The van der Waals surface area contributed by atoms with Crippen molar-refractivity contribution in [1.82, 2.24) is 10.9 Å². The number of carbonyl (C=O) groups excluding carboxylic acids is 1. The van der Waals surface area contributed by atoms with Gasteiger partial charge in [-0.1, -0.05) is 43.4 Å². The number of rotatable bonds is 5. The van der Waals surface area contributed by atoms with Gasteiger partial charge in [-0.2, -0.15) is 0 Å². The van der Waals surface area contributed by atoms with E-state index in [2.05, 4.69) is 48.6 Å². The number of carbonyl (C=O) groups is 1. The molecule has 0 radical (unpaired) electrons. The molecule has 1 heterocycles. The molecule has 2 rings (SSSR count). The van der Waals surface area contributed by atoms with Crippen LogP contribution in [0, 0.1) is 5.92 Å². The highest BCUT2D eigenvalue weighted by Gasteiger charge is 2.22. The Kier molecular flexibility index (Phi) is 5.44. The molecule has 0 spiro atoms. The van der Waals surface area contributed by atoms with Crippen molar-refractivity contribution in [2.24, 2.45) is 5.92 Å². The summed E-state index contributed by atoms with van der Waals surface area (Å²) in [5.41, 5.74) is 6.93. The molecule has 1 amide bonds. The van der Waals surface area contributed by atoms with E-state index >= 15 is 0 Å². The third kappa shape index (κ3) is 3.99.